The first kappa shape index (κ1) is 22.4. The Morgan fingerprint density at radius 3 is 2.59 bits per heavy atom. The van der Waals surface area contributed by atoms with E-state index < -0.39 is 0 Å². The van der Waals surface area contributed by atoms with E-state index in [0.29, 0.717) is 10.1 Å². The van der Waals surface area contributed by atoms with Crippen LogP contribution in [-0.2, 0) is 4.79 Å². The molecule has 32 heavy (non-hydrogen) atoms. The highest BCUT2D eigenvalue weighted by Gasteiger charge is 2.31. The summed E-state index contributed by atoms with van der Waals surface area (Å²) in [5, 5.41) is 3.52. The average Bonchev–Trinajstić information content (AvgIpc) is 3.06. The van der Waals surface area contributed by atoms with Gasteiger partial charge in [0.15, 0.2) is 5.17 Å². The van der Waals surface area contributed by atoms with Gasteiger partial charge in [-0.25, -0.2) is 4.99 Å². The van der Waals surface area contributed by atoms with Gasteiger partial charge in [-0.1, -0.05) is 25.1 Å². The maximum Gasteiger partial charge on any atom is 0.264 e. The summed E-state index contributed by atoms with van der Waals surface area (Å²) in [6.07, 6.45) is 5.40. The molecule has 2 aliphatic rings. The van der Waals surface area contributed by atoms with Gasteiger partial charge in [-0.15, -0.1) is 0 Å². The molecule has 0 bridgehead atoms. The van der Waals surface area contributed by atoms with Crippen LogP contribution in [0.5, 0.6) is 0 Å². The van der Waals surface area contributed by atoms with E-state index in [4.69, 9.17) is 0 Å². The smallest absolute Gasteiger partial charge is 0.264 e. The number of hydrogen-bond acceptors (Lipinski definition) is 4. The Labute approximate surface area is 195 Å². The molecule has 0 aliphatic carbocycles. The minimum atomic E-state index is -0.101. The van der Waals surface area contributed by atoms with Crippen molar-refractivity contribution in [2.24, 2.45) is 4.99 Å². The topological polar surface area (TPSA) is 44.7 Å². The number of aliphatic imine (C=N–C) groups is 1. The fraction of sp³-hybridized carbons (Fsp3) is 0.333. The first-order valence-electron chi connectivity index (χ1n) is 11.2. The fourth-order valence-electron chi connectivity index (χ4n) is 4.37. The van der Waals surface area contributed by atoms with Crippen molar-refractivity contribution in [3.8, 4) is 0 Å². The van der Waals surface area contributed by atoms with Crippen molar-refractivity contribution >= 4 is 45.9 Å². The number of hydrogen-bond donors (Lipinski definition) is 1. The molecule has 166 valence electrons. The molecule has 0 spiro atoms. The van der Waals surface area contributed by atoms with E-state index in [-0.39, 0.29) is 11.4 Å². The van der Waals surface area contributed by atoms with Gasteiger partial charge in [0.2, 0.25) is 0 Å². The predicted molar refractivity (Wildman–Crippen MR) is 139 cm³/mol. The second-order valence-corrected chi connectivity index (χ2v) is 10.2. The summed E-state index contributed by atoms with van der Waals surface area (Å²) in [4.78, 5) is 20.3. The third kappa shape index (κ3) is 4.40. The van der Waals surface area contributed by atoms with Crippen LogP contribution in [0, 0.1) is 13.8 Å². The highest BCUT2D eigenvalue weighted by atomic mass is 32.2. The van der Waals surface area contributed by atoms with Crippen LogP contribution in [0.25, 0.3) is 11.6 Å². The third-order valence-corrected chi connectivity index (χ3v) is 7.03. The molecule has 5 heteroatoms. The number of nitrogens with one attached hydrogen (secondary N) is 1. The van der Waals surface area contributed by atoms with Crippen LogP contribution < -0.4 is 10.2 Å². The number of aryl methyl sites for hydroxylation is 2. The Balaban J connectivity index is 1.62. The molecule has 0 aromatic heterocycles. The Morgan fingerprint density at radius 1 is 1.09 bits per heavy atom. The quantitative estimate of drug-likeness (QED) is 0.539. The van der Waals surface area contributed by atoms with Gasteiger partial charge in [0.05, 0.1) is 16.1 Å². The number of fused-ring (bicyclic) bond motifs is 1. The summed E-state index contributed by atoms with van der Waals surface area (Å²) in [7, 11) is 0. The average molecular weight is 446 g/mol. The maximum absolute atomic E-state index is 12.6. The van der Waals surface area contributed by atoms with Crippen LogP contribution in [0.1, 0.15) is 56.4 Å². The largest absolute Gasteiger partial charge is 0.362 e. The normalized spacial score (nSPS) is 19.9. The van der Waals surface area contributed by atoms with Gasteiger partial charge in [-0.05, 0) is 105 Å². The zero-order valence-electron chi connectivity index (χ0n) is 19.7. The SMILES string of the molecule is CCCN1c2ccc(/C=C3/SC(=Nc4ccc(C)c(C)c4)NC3=O)cc2C(C)=CC1(C)C. The predicted octanol–water partition coefficient (Wildman–Crippen LogP) is 6.61. The van der Waals surface area contributed by atoms with Crippen LogP contribution in [0.4, 0.5) is 11.4 Å². The minimum absolute atomic E-state index is 0.00599. The highest BCUT2D eigenvalue weighted by molar-refractivity contribution is 8.18. The maximum atomic E-state index is 12.6. The van der Waals surface area contributed by atoms with E-state index in [2.05, 4.69) is 87.1 Å². The molecule has 0 saturated carbocycles. The van der Waals surface area contributed by atoms with Crippen molar-refractivity contribution in [3.05, 3.63) is 69.6 Å². The van der Waals surface area contributed by atoms with Crippen LogP contribution >= 0.6 is 11.8 Å². The van der Waals surface area contributed by atoms with Crippen molar-refractivity contribution in [2.45, 2.75) is 53.5 Å². The van der Waals surface area contributed by atoms with E-state index in [1.54, 1.807) is 0 Å². The molecular formula is C27H31N3OS. The number of thioether (sulfide) groups is 1. The zero-order chi connectivity index (χ0) is 23.0. The summed E-state index contributed by atoms with van der Waals surface area (Å²) in [6.45, 7) is 14.1. The number of allylic oxidation sites excluding steroid dienone is 1. The molecule has 4 rings (SSSR count). The monoisotopic (exact) mass is 445 g/mol. The molecule has 0 unspecified atom stereocenters. The van der Waals surface area contributed by atoms with Crippen molar-refractivity contribution in [3.63, 3.8) is 0 Å². The van der Waals surface area contributed by atoms with Gasteiger partial charge >= 0.3 is 0 Å². The molecule has 1 amide bonds. The van der Waals surface area contributed by atoms with Gasteiger partial charge in [0, 0.05) is 17.8 Å². The number of benzene rings is 2. The molecule has 2 aromatic carbocycles. The van der Waals surface area contributed by atoms with Crippen molar-refractivity contribution in [2.75, 3.05) is 11.4 Å². The number of carbonyl (C=O) groups is 1. The van der Waals surface area contributed by atoms with Crippen LogP contribution in [0.2, 0.25) is 0 Å². The first-order valence-corrected chi connectivity index (χ1v) is 12.0. The Bertz CT molecular complexity index is 1170. The molecule has 4 nitrogen and oxygen atoms in total. The second-order valence-electron chi connectivity index (χ2n) is 9.16. The number of rotatable bonds is 4. The van der Waals surface area contributed by atoms with E-state index >= 15 is 0 Å². The number of nitrogens with zero attached hydrogens (tertiary/aromatic N) is 2. The lowest BCUT2D eigenvalue weighted by atomic mass is 9.88. The molecule has 1 fully saturated rings. The second kappa shape index (κ2) is 8.62. The number of amides is 1. The fourth-order valence-corrected chi connectivity index (χ4v) is 5.21. The molecule has 1 saturated heterocycles. The molecule has 0 radical (unpaired) electrons. The summed E-state index contributed by atoms with van der Waals surface area (Å²) in [6, 6.07) is 12.6. The van der Waals surface area contributed by atoms with Gasteiger partial charge in [0.1, 0.15) is 0 Å². The van der Waals surface area contributed by atoms with E-state index in [0.717, 1.165) is 24.2 Å². The third-order valence-electron chi connectivity index (χ3n) is 6.12. The molecular weight excluding hydrogens is 414 g/mol. The lowest BCUT2D eigenvalue weighted by Crippen LogP contribution is -2.45. The molecule has 2 aromatic rings. The van der Waals surface area contributed by atoms with E-state index in [9.17, 15) is 4.79 Å². The van der Waals surface area contributed by atoms with Gasteiger partial charge in [-0.3, -0.25) is 4.79 Å². The molecule has 2 heterocycles. The standard InChI is InChI=1S/C27H31N3OS/c1-7-12-30-23-11-9-20(14-22(23)19(4)16-27(30,5)6)15-24-25(31)29-26(32-24)28-21-10-8-17(2)18(3)13-21/h8-11,13-16H,7,12H2,1-6H3,(H,28,29,31)/b24-15+. The van der Waals surface area contributed by atoms with Crippen molar-refractivity contribution < 1.29 is 4.79 Å². The van der Waals surface area contributed by atoms with Crippen molar-refractivity contribution in [1.29, 1.82) is 0 Å². The van der Waals surface area contributed by atoms with Gasteiger partial charge in [-0.2, -0.15) is 0 Å². The summed E-state index contributed by atoms with van der Waals surface area (Å²) >= 11 is 1.39. The Morgan fingerprint density at radius 2 is 1.88 bits per heavy atom. The summed E-state index contributed by atoms with van der Waals surface area (Å²) in [5.41, 5.74) is 8.07. The van der Waals surface area contributed by atoms with Crippen molar-refractivity contribution in [1.82, 2.24) is 5.32 Å². The van der Waals surface area contributed by atoms with Crippen LogP contribution in [-0.4, -0.2) is 23.2 Å². The molecule has 1 N–H and O–H groups in total. The molecule has 0 atom stereocenters. The Hall–Kier alpha value is -2.79. The van der Waals surface area contributed by atoms with Crippen LogP contribution in [0.15, 0.2) is 52.4 Å². The lowest BCUT2D eigenvalue weighted by molar-refractivity contribution is -0.115. The zero-order valence-corrected chi connectivity index (χ0v) is 20.6. The number of amidine groups is 1. The van der Waals surface area contributed by atoms with Gasteiger partial charge < -0.3 is 10.2 Å². The van der Waals surface area contributed by atoms with E-state index in [1.807, 2.05) is 18.2 Å². The highest BCUT2D eigenvalue weighted by Crippen LogP contribution is 2.40. The number of carbonyl (C=O) groups excluding carboxylic acids is 1. The molecule has 2 aliphatic heterocycles. The summed E-state index contributed by atoms with van der Waals surface area (Å²) < 4.78 is 0. The van der Waals surface area contributed by atoms with Gasteiger partial charge in [0.25, 0.3) is 5.91 Å². The van der Waals surface area contributed by atoms with E-state index in [1.165, 1.54) is 39.7 Å². The van der Waals surface area contributed by atoms with Crippen LogP contribution in [0.3, 0.4) is 0 Å². The Kier molecular flexibility index (Phi) is 6.04. The number of anilines is 1. The summed E-state index contributed by atoms with van der Waals surface area (Å²) in [5.74, 6) is -0.101. The minimum Gasteiger partial charge on any atom is -0.362 e. The first-order chi connectivity index (χ1) is 15.2. The lowest BCUT2D eigenvalue weighted by Gasteiger charge is -2.43.